The lowest BCUT2D eigenvalue weighted by atomic mass is 10.0. The average Bonchev–Trinajstić information content (AvgIpc) is 2.37. The van der Waals surface area contributed by atoms with E-state index >= 15 is 0 Å². The molecule has 0 aliphatic rings. The highest BCUT2D eigenvalue weighted by molar-refractivity contribution is 5.73. The number of fused-ring (bicyclic) bond motifs is 1. The zero-order valence-electron chi connectivity index (χ0n) is 9.47. The van der Waals surface area contributed by atoms with Gasteiger partial charge in [0.2, 0.25) is 0 Å². The third-order valence-electron chi connectivity index (χ3n) is 2.83. The fraction of sp³-hybridized carbons (Fsp3) is 0.333. The zero-order valence-corrected chi connectivity index (χ0v) is 9.47. The summed E-state index contributed by atoms with van der Waals surface area (Å²) in [7, 11) is 1.63. The molecule has 2 N–H and O–H groups in total. The summed E-state index contributed by atoms with van der Waals surface area (Å²) in [5, 5.41) is 0. The quantitative estimate of drug-likeness (QED) is 0.845. The number of methoxy groups -OCH3 is 1. The molecule has 2 aromatic rings. The average molecular weight is 217 g/mol. The first-order chi connectivity index (χ1) is 7.69. The van der Waals surface area contributed by atoms with Gasteiger partial charge in [0.05, 0.1) is 22.9 Å². The number of hydrogen-bond acceptors (Lipinski definition) is 4. The van der Waals surface area contributed by atoms with Gasteiger partial charge in [-0.1, -0.05) is 12.1 Å². The van der Waals surface area contributed by atoms with Crippen LogP contribution >= 0.6 is 0 Å². The maximum absolute atomic E-state index is 5.70. The van der Waals surface area contributed by atoms with Gasteiger partial charge in [-0.05, 0) is 19.1 Å². The zero-order chi connectivity index (χ0) is 11.6. The Balaban J connectivity index is 2.54. The molecule has 0 radical (unpaired) electrons. The van der Waals surface area contributed by atoms with Crippen LogP contribution in [0, 0.1) is 0 Å². The summed E-state index contributed by atoms with van der Waals surface area (Å²) in [6.45, 7) is 2.28. The summed E-state index contributed by atoms with van der Waals surface area (Å²) in [5.41, 5.74) is 7.62. The highest BCUT2D eigenvalue weighted by atomic mass is 16.5. The van der Waals surface area contributed by atoms with E-state index in [-0.39, 0.29) is 0 Å². The molecule has 1 heterocycles. The van der Waals surface area contributed by atoms with Crippen molar-refractivity contribution in [3.05, 3.63) is 36.2 Å². The molecule has 0 fully saturated rings. The van der Waals surface area contributed by atoms with Crippen molar-refractivity contribution >= 4 is 11.0 Å². The van der Waals surface area contributed by atoms with Crippen LogP contribution in [0.3, 0.4) is 0 Å². The van der Waals surface area contributed by atoms with E-state index in [1.54, 1.807) is 13.3 Å². The number of hydrogen-bond donors (Lipinski definition) is 1. The molecule has 1 aromatic carbocycles. The molecule has 1 atom stereocenters. The minimum Gasteiger partial charge on any atom is -0.371 e. The fourth-order valence-electron chi connectivity index (χ4n) is 1.50. The first-order valence-electron chi connectivity index (χ1n) is 5.17. The van der Waals surface area contributed by atoms with Gasteiger partial charge in [-0.15, -0.1) is 0 Å². The van der Waals surface area contributed by atoms with Crippen LogP contribution in [0.2, 0.25) is 0 Å². The van der Waals surface area contributed by atoms with Crippen molar-refractivity contribution in [2.24, 2.45) is 5.73 Å². The van der Waals surface area contributed by atoms with Gasteiger partial charge < -0.3 is 10.5 Å². The monoisotopic (exact) mass is 217 g/mol. The summed E-state index contributed by atoms with van der Waals surface area (Å²) in [6, 6.07) is 7.74. The highest BCUT2D eigenvalue weighted by Crippen LogP contribution is 2.22. The summed E-state index contributed by atoms with van der Waals surface area (Å²) in [4.78, 5) is 8.87. The SMILES string of the molecule is COC(C)(CN)c1cnc2ccccc2n1. The minimum absolute atomic E-state index is 0.372. The van der Waals surface area contributed by atoms with Crippen LogP contribution < -0.4 is 5.73 Å². The van der Waals surface area contributed by atoms with E-state index in [0.29, 0.717) is 6.54 Å². The molecule has 0 amide bonds. The lowest BCUT2D eigenvalue weighted by molar-refractivity contribution is 0.00639. The third-order valence-corrected chi connectivity index (χ3v) is 2.83. The first kappa shape index (κ1) is 11.0. The van der Waals surface area contributed by atoms with Crippen LogP contribution in [-0.4, -0.2) is 23.6 Å². The van der Waals surface area contributed by atoms with E-state index in [1.807, 2.05) is 31.2 Å². The van der Waals surface area contributed by atoms with Gasteiger partial charge in [0.25, 0.3) is 0 Å². The Labute approximate surface area is 94.5 Å². The van der Waals surface area contributed by atoms with Crippen molar-refractivity contribution in [1.82, 2.24) is 9.97 Å². The van der Waals surface area contributed by atoms with Gasteiger partial charge in [-0.3, -0.25) is 4.98 Å². The van der Waals surface area contributed by atoms with E-state index in [1.165, 1.54) is 0 Å². The number of nitrogens with two attached hydrogens (primary N) is 1. The Morgan fingerprint density at radius 2 is 2.00 bits per heavy atom. The van der Waals surface area contributed by atoms with Crippen molar-refractivity contribution in [2.45, 2.75) is 12.5 Å². The third kappa shape index (κ3) is 1.77. The van der Waals surface area contributed by atoms with Gasteiger partial charge >= 0.3 is 0 Å². The van der Waals surface area contributed by atoms with E-state index in [2.05, 4.69) is 9.97 Å². The molecular weight excluding hydrogens is 202 g/mol. The Kier molecular flexibility index (Phi) is 2.85. The maximum Gasteiger partial charge on any atom is 0.120 e. The van der Waals surface area contributed by atoms with Crippen LogP contribution in [0.25, 0.3) is 11.0 Å². The lowest BCUT2D eigenvalue weighted by Crippen LogP contribution is -2.34. The lowest BCUT2D eigenvalue weighted by Gasteiger charge is -2.25. The number of rotatable bonds is 3. The molecule has 1 aromatic heterocycles. The van der Waals surface area contributed by atoms with Crippen molar-refractivity contribution in [3.8, 4) is 0 Å². The van der Waals surface area contributed by atoms with Gasteiger partial charge in [-0.2, -0.15) is 0 Å². The van der Waals surface area contributed by atoms with Crippen molar-refractivity contribution in [1.29, 1.82) is 0 Å². The number of nitrogens with zero attached hydrogens (tertiary/aromatic N) is 2. The predicted molar refractivity (Wildman–Crippen MR) is 63.0 cm³/mol. The standard InChI is InChI=1S/C12H15N3O/c1-12(8-13,16-2)11-7-14-9-5-3-4-6-10(9)15-11/h3-7H,8,13H2,1-2H3. The molecule has 1 unspecified atom stereocenters. The largest absolute Gasteiger partial charge is 0.371 e. The fourth-order valence-corrected chi connectivity index (χ4v) is 1.50. The van der Waals surface area contributed by atoms with E-state index in [4.69, 9.17) is 10.5 Å². The number of para-hydroxylation sites is 2. The van der Waals surface area contributed by atoms with Crippen LogP contribution in [0.4, 0.5) is 0 Å². The number of ether oxygens (including phenoxy) is 1. The second-order valence-corrected chi connectivity index (χ2v) is 3.88. The number of aromatic nitrogens is 2. The van der Waals surface area contributed by atoms with Crippen molar-refractivity contribution < 1.29 is 4.74 Å². The summed E-state index contributed by atoms with van der Waals surface area (Å²) < 4.78 is 5.39. The molecule has 2 rings (SSSR count). The molecule has 0 aliphatic carbocycles. The van der Waals surface area contributed by atoms with Gasteiger partial charge in [0, 0.05) is 13.7 Å². The van der Waals surface area contributed by atoms with Gasteiger partial charge in [0.1, 0.15) is 5.60 Å². The van der Waals surface area contributed by atoms with Gasteiger partial charge in [0.15, 0.2) is 0 Å². The molecule has 0 spiro atoms. The number of benzene rings is 1. The van der Waals surface area contributed by atoms with Crippen molar-refractivity contribution in [2.75, 3.05) is 13.7 Å². The normalized spacial score (nSPS) is 14.9. The second-order valence-electron chi connectivity index (χ2n) is 3.88. The Hall–Kier alpha value is -1.52. The van der Waals surface area contributed by atoms with E-state index in [0.717, 1.165) is 16.7 Å². The molecule has 84 valence electrons. The molecule has 16 heavy (non-hydrogen) atoms. The van der Waals surface area contributed by atoms with E-state index < -0.39 is 5.60 Å². The highest BCUT2D eigenvalue weighted by Gasteiger charge is 2.26. The van der Waals surface area contributed by atoms with Crippen LogP contribution in [0.5, 0.6) is 0 Å². The van der Waals surface area contributed by atoms with Gasteiger partial charge in [-0.25, -0.2) is 4.98 Å². The van der Waals surface area contributed by atoms with Crippen LogP contribution in [0.15, 0.2) is 30.5 Å². The summed E-state index contributed by atoms with van der Waals surface area (Å²) in [5.74, 6) is 0. The summed E-state index contributed by atoms with van der Waals surface area (Å²) in [6.07, 6.45) is 1.72. The van der Waals surface area contributed by atoms with Crippen molar-refractivity contribution in [3.63, 3.8) is 0 Å². The first-order valence-corrected chi connectivity index (χ1v) is 5.17. The molecule has 0 saturated carbocycles. The molecule has 0 bridgehead atoms. The summed E-state index contributed by atoms with van der Waals surface area (Å²) >= 11 is 0. The topological polar surface area (TPSA) is 61.0 Å². The van der Waals surface area contributed by atoms with Crippen LogP contribution in [-0.2, 0) is 10.3 Å². The molecular formula is C12H15N3O. The Bertz CT molecular complexity index is 494. The maximum atomic E-state index is 5.70. The molecule has 0 aliphatic heterocycles. The molecule has 4 nitrogen and oxygen atoms in total. The molecule has 4 heteroatoms. The second kappa shape index (κ2) is 4.15. The van der Waals surface area contributed by atoms with E-state index in [9.17, 15) is 0 Å². The molecule has 0 saturated heterocycles. The predicted octanol–water partition coefficient (Wildman–Crippen LogP) is 1.45. The smallest absolute Gasteiger partial charge is 0.120 e. The van der Waals surface area contributed by atoms with Crippen LogP contribution in [0.1, 0.15) is 12.6 Å². The Morgan fingerprint density at radius 1 is 1.31 bits per heavy atom. The Morgan fingerprint density at radius 3 is 2.62 bits per heavy atom. The minimum atomic E-state index is -0.572.